The summed E-state index contributed by atoms with van der Waals surface area (Å²) in [5.41, 5.74) is 1.31. The normalized spacial score (nSPS) is 18.3. The highest BCUT2D eigenvalue weighted by Gasteiger charge is 2.49. The molecule has 1 N–H and O–H groups in total. The molecule has 0 amide bonds. The summed E-state index contributed by atoms with van der Waals surface area (Å²) < 4.78 is 35.5. The van der Waals surface area contributed by atoms with E-state index in [0.29, 0.717) is 18.4 Å². The molecule has 39 heavy (non-hydrogen) atoms. The first-order valence-corrected chi connectivity index (χ1v) is 14.6. The third-order valence-corrected chi connectivity index (χ3v) is 8.82. The zero-order valence-corrected chi connectivity index (χ0v) is 23.1. The molecule has 1 aliphatic heterocycles. The number of aryl methyl sites for hydroxylation is 1. The molecule has 0 radical (unpaired) electrons. The molecule has 0 fully saturated rings. The first-order chi connectivity index (χ1) is 18.7. The quantitative estimate of drug-likeness (QED) is 0.264. The highest BCUT2D eigenvalue weighted by atomic mass is 32.2. The number of rotatable bonds is 9. The van der Waals surface area contributed by atoms with Gasteiger partial charge < -0.3 is 4.74 Å². The van der Waals surface area contributed by atoms with Crippen molar-refractivity contribution in [3.8, 4) is 0 Å². The van der Waals surface area contributed by atoms with Crippen molar-refractivity contribution in [3.63, 3.8) is 0 Å². The monoisotopic (exact) mass is 540 g/mol. The summed E-state index contributed by atoms with van der Waals surface area (Å²) in [5.74, 6) is -0.108. The van der Waals surface area contributed by atoms with Crippen molar-refractivity contribution in [2.45, 2.75) is 56.0 Å². The van der Waals surface area contributed by atoms with E-state index in [4.69, 9.17) is 9.73 Å². The second-order valence-electron chi connectivity index (χ2n) is 10.4. The van der Waals surface area contributed by atoms with Gasteiger partial charge in [0, 0.05) is 5.56 Å². The smallest absolute Gasteiger partial charge is 0.342 e. The van der Waals surface area contributed by atoms with Gasteiger partial charge in [0.15, 0.2) is 5.54 Å². The molecular weight excluding hydrogens is 508 g/mol. The lowest BCUT2D eigenvalue weighted by molar-refractivity contribution is -0.139. The Bertz CT molecular complexity index is 1630. The van der Waals surface area contributed by atoms with Crippen molar-refractivity contribution in [1.29, 1.82) is 0 Å². The van der Waals surface area contributed by atoms with E-state index < -0.39 is 27.6 Å². The lowest BCUT2D eigenvalue weighted by Gasteiger charge is -2.29. The third-order valence-electron chi connectivity index (χ3n) is 7.33. The van der Waals surface area contributed by atoms with Crippen molar-refractivity contribution >= 4 is 32.7 Å². The molecule has 4 aromatic carbocycles. The molecular formula is C32H32N2O4S. The zero-order chi connectivity index (χ0) is 27.6. The Morgan fingerprint density at radius 1 is 0.872 bits per heavy atom. The zero-order valence-electron chi connectivity index (χ0n) is 22.3. The van der Waals surface area contributed by atoms with E-state index in [1.807, 2.05) is 84.9 Å². The summed E-state index contributed by atoms with van der Waals surface area (Å²) in [6, 6.07) is 29.4. The molecule has 7 heteroatoms. The molecule has 0 bridgehead atoms. The number of cyclic esters (lactones) is 1. The number of hydrogen-bond donors (Lipinski definition) is 1. The number of hydrogen-bond acceptors (Lipinski definition) is 5. The minimum Gasteiger partial charge on any atom is -0.405 e. The Balaban J connectivity index is 1.49. The average Bonchev–Trinajstić information content (AvgIpc) is 3.26. The van der Waals surface area contributed by atoms with Crippen molar-refractivity contribution in [1.82, 2.24) is 4.72 Å². The molecule has 200 valence electrons. The Labute approximate surface area is 229 Å². The number of nitrogens with zero attached hydrogens (tertiary/aromatic N) is 1. The fraction of sp³-hybridized carbons (Fsp3) is 0.250. The van der Waals surface area contributed by atoms with Crippen LogP contribution in [-0.4, -0.2) is 31.9 Å². The van der Waals surface area contributed by atoms with Crippen molar-refractivity contribution < 1.29 is 17.9 Å². The summed E-state index contributed by atoms with van der Waals surface area (Å²) in [6.45, 7) is 5.75. The van der Waals surface area contributed by atoms with Gasteiger partial charge in [0.1, 0.15) is 0 Å². The molecule has 1 aliphatic rings. The number of sulfonamides is 1. The second kappa shape index (κ2) is 10.8. The molecule has 4 aromatic rings. The van der Waals surface area contributed by atoms with Crippen molar-refractivity contribution in [2.75, 3.05) is 0 Å². The molecule has 0 unspecified atom stereocenters. The maximum absolute atomic E-state index is 13.5. The van der Waals surface area contributed by atoms with Gasteiger partial charge in [-0.2, -0.15) is 0 Å². The summed E-state index contributed by atoms with van der Waals surface area (Å²) >= 11 is 0. The minimum absolute atomic E-state index is 0.144. The Morgan fingerprint density at radius 2 is 1.54 bits per heavy atom. The molecule has 0 aliphatic carbocycles. The third kappa shape index (κ3) is 5.65. The van der Waals surface area contributed by atoms with Gasteiger partial charge >= 0.3 is 5.97 Å². The number of nitrogens with one attached hydrogen (secondary N) is 1. The van der Waals surface area contributed by atoms with Crippen LogP contribution in [-0.2, 0) is 26.0 Å². The highest BCUT2D eigenvalue weighted by Crippen LogP contribution is 2.31. The van der Waals surface area contributed by atoms with Gasteiger partial charge in [-0.3, -0.25) is 0 Å². The average molecular weight is 541 g/mol. The summed E-state index contributed by atoms with van der Waals surface area (Å²) in [4.78, 5) is 18.2. The van der Waals surface area contributed by atoms with Crippen LogP contribution in [0.15, 0.2) is 107 Å². The lowest BCUT2D eigenvalue weighted by atomic mass is 9.89. The van der Waals surface area contributed by atoms with Crippen LogP contribution in [0.5, 0.6) is 0 Å². The fourth-order valence-corrected chi connectivity index (χ4v) is 6.19. The molecule has 2 atom stereocenters. The summed E-state index contributed by atoms with van der Waals surface area (Å²) in [5, 5.41) is 2.06. The predicted molar refractivity (Wildman–Crippen MR) is 154 cm³/mol. The van der Waals surface area contributed by atoms with E-state index in [1.165, 1.54) is 0 Å². The molecule has 5 rings (SSSR count). The Hall–Kier alpha value is -3.81. The number of benzene rings is 4. The van der Waals surface area contributed by atoms with Crippen LogP contribution in [0.3, 0.4) is 0 Å². The van der Waals surface area contributed by atoms with Crippen LogP contribution in [0.2, 0.25) is 0 Å². The molecule has 0 aromatic heterocycles. The predicted octanol–water partition coefficient (Wildman–Crippen LogP) is 6.01. The van der Waals surface area contributed by atoms with Crippen LogP contribution in [0.4, 0.5) is 0 Å². The lowest BCUT2D eigenvalue weighted by Crippen LogP contribution is -2.53. The van der Waals surface area contributed by atoms with E-state index in [1.54, 1.807) is 19.1 Å². The Kier molecular flexibility index (Phi) is 7.38. The standard InChI is InChI=1S/C32H32N2O4S/c1-22(2)24-16-18-28(19-17-24)39(36,37)34-29(20-13-23-9-5-4-6-10-23)32(3)31(35)38-30(33-32)27-15-14-25-11-7-8-12-26(25)21-27/h4-12,14-19,21-22,29,34H,13,20H2,1-3H3/t29-,32-/m0/s1. The van der Waals surface area contributed by atoms with Crippen LogP contribution in [0, 0.1) is 0 Å². The molecule has 0 spiro atoms. The number of esters is 1. The highest BCUT2D eigenvalue weighted by molar-refractivity contribution is 7.89. The van der Waals surface area contributed by atoms with E-state index in [0.717, 1.165) is 21.9 Å². The van der Waals surface area contributed by atoms with Crippen molar-refractivity contribution in [2.24, 2.45) is 4.99 Å². The van der Waals surface area contributed by atoms with Gasteiger partial charge in [0.05, 0.1) is 10.9 Å². The SMILES string of the molecule is CC(C)c1ccc(S(=O)(=O)N[C@@H](CCc2ccccc2)[C@]2(C)N=C(c3ccc4ccccc4c3)OC2=O)cc1. The first kappa shape index (κ1) is 26.8. The molecule has 0 saturated heterocycles. The van der Waals surface area contributed by atoms with Gasteiger partial charge in [0.2, 0.25) is 15.9 Å². The van der Waals surface area contributed by atoms with Crippen LogP contribution in [0.1, 0.15) is 49.8 Å². The fourth-order valence-electron chi connectivity index (χ4n) is 4.83. The number of ether oxygens (including phenoxy) is 1. The largest absolute Gasteiger partial charge is 0.405 e. The van der Waals surface area contributed by atoms with Gasteiger partial charge in [0.25, 0.3) is 0 Å². The van der Waals surface area contributed by atoms with E-state index in [-0.39, 0.29) is 16.7 Å². The molecule has 0 saturated carbocycles. The first-order valence-electron chi connectivity index (χ1n) is 13.1. The van der Waals surface area contributed by atoms with Crippen molar-refractivity contribution in [3.05, 3.63) is 114 Å². The Morgan fingerprint density at radius 3 is 2.23 bits per heavy atom. The molecule has 1 heterocycles. The number of fused-ring (bicyclic) bond motifs is 1. The number of aliphatic imine (C=N–C) groups is 1. The molecule has 6 nitrogen and oxygen atoms in total. The van der Waals surface area contributed by atoms with E-state index in [2.05, 4.69) is 18.6 Å². The van der Waals surface area contributed by atoms with E-state index in [9.17, 15) is 13.2 Å². The maximum Gasteiger partial charge on any atom is 0.342 e. The van der Waals surface area contributed by atoms with Gasteiger partial charge in [-0.25, -0.2) is 22.9 Å². The van der Waals surface area contributed by atoms with Crippen LogP contribution < -0.4 is 4.72 Å². The van der Waals surface area contributed by atoms with Gasteiger partial charge in [-0.1, -0.05) is 86.6 Å². The summed E-state index contributed by atoms with van der Waals surface area (Å²) in [7, 11) is -3.94. The van der Waals surface area contributed by atoms with Crippen LogP contribution >= 0.6 is 0 Å². The summed E-state index contributed by atoms with van der Waals surface area (Å²) in [6.07, 6.45) is 0.914. The second-order valence-corrected chi connectivity index (χ2v) is 12.2. The van der Waals surface area contributed by atoms with Gasteiger partial charge in [-0.15, -0.1) is 0 Å². The van der Waals surface area contributed by atoms with E-state index >= 15 is 0 Å². The number of carbonyl (C=O) groups excluding carboxylic acids is 1. The minimum atomic E-state index is -3.94. The van der Waals surface area contributed by atoms with Crippen LogP contribution in [0.25, 0.3) is 10.8 Å². The maximum atomic E-state index is 13.5. The topological polar surface area (TPSA) is 84.8 Å². The number of carbonyl (C=O) groups is 1. The van der Waals surface area contributed by atoms with Gasteiger partial charge in [-0.05, 0) is 71.8 Å².